The van der Waals surface area contributed by atoms with Crippen LogP contribution in [0.2, 0.25) is 0 Å². The molecule has 0 spiro atoms. The molecular formula is C22H29F2N3O. The van der Waals surface area contributed by atoms with Gasteiger partial charge in [0, 0.05) is 18.0 Å². The Morgan fingerprint density at radius 2 is 2.18 bits per heavy atom. The maximum Gasteiger partial charge on any atom is 0.299 e. The van der Waals surface area contributed by atoms with Gasteiger partial charge in [-0.3, -0.25) is 0 Å². The van der Waals surface area contributed by atoms with Gasteiger partial charge < -0.3 is 15.4 Å². The summed E-state index contributed by atoms with van der Waals surface area (Å²) in [7, 11) is 0. The van der Waals surface area contributed by atoms with Gasteiger partial charge in [0.05, 0.1) is 12.2 Å². The normalized spacial score (nSPS) is 18.5. The lowest BCUT2D eigenvalue weighted by Gasteiger charge is -2.28. The minimum Gasteiger partial charge on any atom is -0.470 e. The highest BCUT2D eigenvalue weighted by Gasteiger charge is 2.26. The van der Waals surface area contributed by atoms with Crippen LogP contribution in [0.1, 0.15) is 25.0 Å². The Labute approximate surface area is 166 Å². The molecule has 0 fully saturated rings. The average molecular weight is 389 g/mol. The molecule has 1 aromatic rings. The van der Waals surface area contributed by atoms with Gasteiger partial charge in [0.15, 0.2) is 6.61 Å². The largest absolute Gasteiger partial charge is 0.470 e. The van der Waals surface area contributed by atoms with Crippen molar-refractivity contribution < 1.29 is 13.5 Å². The van der Waals surface area contributed by atoms with Gasteiger partial charge in [-0.1, -0.05) is 49.9 Å². The minimum absolute atomic E-state index is 0.0172. The number of allylic oxidation sites excluding steroid dienone is 1. The van der Waals surface area contributed by atoms with Gasteiger partial charge in [-0.2, -0.15) is 8.78 Å². The van der Waals surface area contributed by atoms with Crippen LogP contribution in [-0.4, -0.2) is 30.8 Å². The highest BCUT2D eigenvalue weighted by molar-refractivity contribution is 5.68. The molecule has 6 heteroatoms. The number of aryl methyl sites for hydroxylation is 1. The van der Waals surface area contributed by atoms with Crippen molar-refractivity contribution in [1.29, 1.82) is 0 Å². The van der Waals surface area contributed by atoms with Crippen LogP contribution in [0.25, 0.3) is 0 Å². The summed E-state index contributed by atoms with van der Waals surface area (Å²) in [6, 6.07) is 8.37. The van der Waals surface area contributed by atoms with E-state index in [0.29, 0.717) is 6.08 Å². The Bertz CT molecular complexity index is 758. The van der Waals surface area contributed by atoms with Crippen molar-refractivity contribution in [3.8, 4) is 0 Å². The molecule has 0 amide bonds. The van der Waals surface area contributed by atoms with Crippen LogP contribution in [0.5, 0.6) is 0 Å². The Morgan fingerprint density at radius 1 is 1.43 bits per heavy atom. The van der Waals surface area contributed by atoms with Crippen LogP contribution < -0.4 is 10.6 Å². The predicted molar refractivity (Wildman–Crippen MR) is 110 cm³/mol. The molecule has 0 saturated carbocycles. The summed E-state index contributed by atoms with van der Waals surface area (Å²) in [5, 5.41) is 6.53. The van der Waals surface area contributed by atoms with Crippen LogP contribution >= 0.6 is 0 Å². The highest BCUT2D eigenvalue weighted by Crippen LogP contribution is 2.18. The second kappa shape index (κ2) is 9.53. The lowest BCUT2D eigenvalue weighted by atomic mass is 9.96. The fourth-order valence-corrected chi connectivity index (χ4v) is 2.82. The molecule has 152 valence electrons. The van der Waals surface area contributed by atoms with Gasteiger partial charge in [-0.05, 0) is 37.8 Å². The third-order valence-corrected chi connectivity index (χ3v) is 4.64. The van der Waals surface area contributed by atoms with E-state index in [1.54, 1.807) is 6.21 Å². The first-order valence-electron chi connectivity index (χ1n) is 9.35. The van der Waals surface area contributed by atoms with E-state index in [-0.39, 0.29) is 23.9 Å². The maximum atomic E-state index is 13.1. The van der Waals surface area contributed by atoms with Crippen molar-refractivity contribution in [2.24, 2.45) is 10.9 Å². The summed E-state index contributed by atoms with van der Waals surface area (Å²) in [5.41, 5.74) is 3.47. The number of nitrogens with one attached hydrogen (secondary N) is 2. The molecule has 0 aliphatic carbocycles. The third-order valence-electron chi connectivity index (χ3n) is 4.64. The van der Waals surface area contributed by atoms with E-state index in [1.165, 1.54) is 17.3 Å². The molecule has 0 aromatic heterocycles. The van der Waals surface area contributed by atoms with Crippen molar-refractivity contribution >= 4 is 6.21 Å². The zero-order valence-electron chi connectivity index (χ0n) is 16.7. The second-order valence-electron chi connectivity index (χ2n) is 7.26. The van der Waals surface area contributed by atoms with E-state index in [0.717, 1.165) is 12.1 Å². The lowest BCUT2D eigenvalue weighted by molar-refractivity contribution is -0.0191. The number of ether oxygens (including phenoxy) is 1. The van der Waals surface area contributed by atoms with E-state index in [9.17, 15) is 8.78 Å². The summed E-state index contributed by atoms with van der Waals surface area (Å²) in [6.07, 6.45) is 4.62. The molecule has 1 aliphatic heterocycles. The van der Waals surface area contributed by atoms with Gasteiger partial charge in [0.2, 0.25) is 5.88 Å². The summed E-state index contributed by atoms with van der Waals surface area (Å²) in [4.78, 5) is 4.11. The first-order chi connectivity index (χ1) is 13.2. The fraction of sp³-hybridized carbons (Fsp3) is 0.409. The number of nitrogens with zero attached hydrogens (tertiary/aromatic N) is 1. The molecule has 2 N–H and O–H groups in total. The van der Waals surface area contributed by atoms with Crippen LogP contribution in [0.4, 0.5) is 8.78 Å². The van der Waals surface area contributed by atoms with Gasteiger partial charge >= 0.3 is 0 Å². The standard InChI is InChI=1S/C22H29F2N3O/c1-6-22(23,24)14-28-21-13-25-20(12-26-21)18(5)27-17(4)16(3)11-19-9-7-8-15(2)10-19/h6-10,12-13,16,18,20,25,27H,1,4,11,14H2,2-3,5H3/t16-,18+,20?/m0/s1. The molecule has 4 nitrogen and oxygen atoms in total. The van der Waals surface area contributed by atoms with Gasteiger partial charge in [-0.15, -0.1) is 0 Å². The molecule has 28 heavy (non-hydrogen) atoms. The molecule has 1 heterocycles. The molecule has 0 radical (unpaired) electrons. The minimum atomic E-state index is -3.08. The number of halogens is 2. The van der Waals surface area contributed by atoms with Crippen molar-refractivity contribution in [3.63, 3.8) is 0 Å². The Balaban J connectivity index is 1.81. The van der Waals surface area contributed by atoms with Crippen molar-refractivity contribution in [1.82, 2.24) is 10.6 Å². The number of rotatable bonds is 10. The topological polar surface area (TPSA) is 45.6 Å². The van der Waals surface area contributed by atoms with E-state index < -0.39 is 12.5 Å². The Morgan fingerprint density at radius 3 is 2.79 bits per heavy atom. The van der Waals surface area contributed by atoms with Crippen molar-refractivity contribution in [3.05, 3.63) is 72.4 Å². The number of aliphatic imine (C=N–C) groups is 1. The van der Waals surface area contributed by atoms with Gasteiger partial charge in [0.25, 0.3) is 5.92 Å². The van der Waals surface area contributed by atoms with E-state index in [4.69, 9.17) is 4.74 Å². The number of hydrogen-bond donors (Lipinski definition) is 2. The molecular weight excluding hydrogens is 360 g/mol. The van der Waals surface area contributed by atoms with E-state index in [1.807, 2.05) is 6.92 Å². The monoisotopic (exact) mass is 389 g/mol. The fourth-order valence-electron chi connectivity index (χ4n) is 2.82. The zero-order valence-corrected chi connectivity index (χ0v) is 16.7. The number of alkyl halides is 2. The van der Waals surface area contributed by atoms with Crippen LogP contribution in [0, 0.1) is 12.8 Å². The third kappa shape index (κ3) is 6.51. The molecule has 1 unspecified atom stereocenters. The smallest absolute Gasteiger partial charge is 0.299 e. The zero-order chi connectivity index (χ0) is 20.7. The molecule has 1 aliphatic rings. The highest BCUT2D eigenvalue weighted by atomic mass is 19.3. The first-order valence-corrected chi connectivity index (χ1v) is 9.35. The quantitative estimate of drug-likeness (QED) is 0.585. The van der Waals surface area contributed by atoms with Gasteiger partial charge in [0.1, 0.15) is 0 Å². The summed E-state index contributed by atoms with van der Waals surface area (Å²) < 4.78 is 31.3. The van der Waals surface area contributed by atoms with E-state index >= 15 is 0 Å². The second-order valence-corrected chi connectivity index (χ2v) is 7.26. The number of benzene rings is 1. The first kappa shape index (κ1) is 21.7. The average Bonchev–Trinajstić information content (AvgIpc) is 2.66. The lowest BCUT2D eigenvalue weighted by Crippen LogP contribution is -2.47. The summed E-state index contributed by atoms with van der Waals surface area (Å²) >= 11 is 0. The van der Waals surface area contributed by atoms with Crippen LogP contribution in [0.15, 0.2) is 66.3 Å². The molecule has 0 bridgehead atoms. The van der Waals surface area contributed by atoms with Crippen molar-refractivity contribution in [2.45, 2.75) is 45.2 Å². The molecule has 3 atom stereocenters. The van der Waals surface area contributed by atoms with Crippen LogP contribution in [0.3, 0.4) is 0 Å². The Hall–Kier alpha value is -2.63. The summed E-state index contributed by atoms with van der Waals surface area (Å²) in [5.74, 6) is -2.69. The maximum absolute atomic E-state index is 13.1. The van der Waals surface area contributed by atoms with E-state index in [2.05, 4.69) is 66.9 Å². The Kier molecular flexibility index (Phi) is 7.38. The molecule has 1 aromatic carbocycles. The molecule has 0 saturated heterocycles. The SMILES string of the molecule is C=CC(F)(F)COC1=CNC([C@@H](C)NC(=C)[C@@H](C)Cc2cccc(C)c2)C=N1. The van der Waals surface area contributed by atoms with Gasteiger partial charge in [-0.25, -0.2) is 4.99 Å². The molecule has 2 rings (SSSR count). The van der Waals surface area contributed by atoms with Crippen LogP contribution in [-0.2, 0) is 11.2 Å². The van der Waals surface area contributed by atoms with Crippen molar-refractivity contribution in [2.75, 3.05) is 6.61 Å². The predicted octanol–water partition coefficient (Wildman–Crippen LogP) is 4.34. The summed E-state index contributed by atoms with van der Waals surface area (Å²) in [6.45, 7) is 12.7. The number of hydrogen-bond acceptors (Lipinski definition) is 4.